The van der Waals surface area contributed by atoms with Gasteiger partial charge in [-0.1, -0.05) is 47.5 Å². The van der Waals surface area contributed by atoms with Gasteiger partial charge in [-0.05, 0) is 49.4 Å². The summed E-state index contributed by atoms with van der Waals surface area (Å²) in [4.78, 5) is 76.0. The molecule has 11 nitrogen and oxygen atoms in total. The molecule has 0 unspecified atom stereocenters. The third-order valence-corrected chi connectivity index (χ3v) is 6.52. The number of carbonyl (C=O) groups excluding carboxylic acids is 6. The molecule has 0 aromatic heterocycles. The molecule has 0 aliphatic carbocycles. The van der Waals surface area contributed by atoms with E-state index in [2.05, 4.69) is 10.6 Å². The molecule has 210 valence electrons. The van der Waals surface area contributed by atoms with Gasteiger partial charge in [-0.3, -0.25) is 24.1 Å². The number of rotatable bonds is 9. The lowest BCUT2D eigenvalue weighted by molar-refractivity contribution is -0.150. The Morgan fingerprint density at radius 1 is 0.756 bits per heavy atom. The fraction of sp³-hybridized carbons (Fsp3) is 0.143. The molecule has 1 aliphatic rings. The number of anilines is 2. The number of imide groups is 1. The van der Waals surface area contributed by atoms with E-state index in [1.807, 2.05) is 0 Å². The first-order chi connectivity index (χ1) is 19.6. The van der Waals surface area contributed by atoms with Gasteiger partial charge in [0.05, 0.1) is 38.1 Å². The largest absolute Gasteiger partial charge is 0.454 e. The zero-order chi connectivity index (χ0) is 29.7. The smallest absolute Gasteiger partial charge is 0.338 e. The average molecular weight is 598 g/mol. The number of carbonyl (C=O) groups is 6. The summed E-state index contributed by atoms with van der Waals surface area (Å²) in [7, 11) is 0. The van der Waals surface area contributed by atoms with E-state index in [4.69, 9.17) is 32.7 Å². The zero-order valence-electron chi connectivity index (χ0n) is 21.3. The van der Waals surface area contributed by atoms with Crippen LogP contribution in [0, 0.1) is 0 Å². The third-order valence-electron chi connectivity index (χ3n) is 5.86. The number of esters is 2. The standard InChI is InChI=1S/C28H21Cl2N3O8/c1-15(27(38)40-13-23(34)31-21-8-4-2-6-19(21)29)33-25(36)17-11-10-16(12-18(17)26(33)37)28(39)41-14-24(35)32-22-9-5-3-7-20(22)30/h2-12,15H,13-14H2,1H3,(H,31,34)(H,32,35)/t15-/m1/s1. The van der Waals surface area contributed by atoms with Crippen LogP contribution in [-0.4, -0.2) is 59.7 Å². The lowest BCUT2D eigenvalue weighted by Gasteiger charge is -2.20. The van der Waals surface area contributed by atoms with Gasteiger partial charge >= 0.3 is 11.9 Å². The van der Waals surface area contributed by atoms with Crippen LogP contribution < -0.4 is 10.6 Å². The molecule has 0 radical (unpaired) electrons. The van der Waals surface area contributed by atoms with Crippen molar-refractivity contribution < 1.29 is 38.2 Å². The molecule has 2 N–H and O–H groups in total. The first-order valence-electron chi connectivity index (χ1n) is 12.0. The Labute approximate surface area is 243 Å². The highest BCUT2D eigenvalue weighted by molar-refractivity contribution is 6.34. The molecule has 0 saturated heterocycles. The summed E-state index contributed by atoms with van der Waals surface area (Å²) in [6, 6.07) is 15.2. The Bertz CT molecular complexity index is 1580. The van der Waals surface area contributed by atoms with Crippen LogP contribution in [0.1, 0.15) is 38.0 Å². The van der Waals surface area contributed by atoms with Crippen LogP contribution in [-0.2, 0) is 23.9 Å². The van der Waals surface area contributed by atoms with Crippen molar-refractivity contribution in [1.82, 2.24) is 4.90 Å². The number of nitrogens with zero attached hydrogens (tertiary/aromatic N) is 1. The highest BCUT2D eigenvalue weighted by Crippen LogP contribution is 2.27. The first-order valence-corrected chi connectivity index (χ1v) is 12.8. The van der Waals surface area contributed by atoms with Crippen LogP contribution in [0.2, 0.25) is 10.0 Å². The van der Waals surface area contributed by atoms with E-state index >= 15 is 0 Å². The van der Waals surface area contributed by atoms with E-state index in [1.165, 1.54) is 19.1 Å². The van der Waals surface area contributed by atoms with Gasteiger partial charge in [-0.15, -0.1) is 0 Å². The number of halogens is 2. The van der Waals surface area contributed by atoms with Crippen LogP contribution in [0.4, 0.5) is 11.4 Å². The molecular weight excluding hydrogens is 577 g/mol. The molecule has 0 bridgehead atoms. The molecule has 4 amide bonds. The second kappa shape index (κ2) is 12.6. The summed E-state index contributed by atoms with van der Waals surface area (Å²) in [5.41, 5.74) is 0.383. The second-order valence-corrected chi connectivity index (χ2v) is 9.47. The van der Waals surface area contributed by atoms with Crippen molar-refractivity contribution in [2.45, 2.75) is 13.0 Å². The molecule has 0 saturated carbocycles. The lowest BCUT2D eigenvalue weighted by atomic mass is 10.1. The van der Waals surface area contributed by atoms with Gasteiger partial charge in [-0.2, -0.15) is 0 Å². The summed E-state index contributed by atoms with van der Waals surface area (Å²) in [5.74, 6) is -4.87. The van der Waals surface area contributed by atoms with Crippen molar-refractivity contribution in [3.8, 4) is 0 Å². The normalized spacial score (nSPS) is 12.8. The second-order valence-electron chi connectivity index (χ2n) is 8.66. The third kappa shape index (κ3) is 6.71. The summed E-state index contributed by atoms with van der Waals surface area (Å²) in [6.07, 6.45) is 0. The topological polar surface area (TPSA) is 148 Å². The maximum absolute atomic E-state index is 13.0. The molecule has 1 heterocycles. The van der Waals surface area contributed by atoms with Crippen LogP contribution in [0.25, 0.3) is 0 Å². The molecule has 0 spiro atoms. The predicted octanol–water partition coefficient (Wildman–Crippen LogP) is 3.96. The maximum Gasteiger partial charge on any atom is 0.338 e. The zero-order valence-corrected chi connectivity index (χ0v) is 22.8. The number of para-hydroxylation sites is 2. The summed E-state index contributed by atoms with van der Waals surface area (Å²) >= 11 is 12.0. The molecule has 0 fully saturated rings. The minimum Gasteiger partial charge on any atom is -0.454 e. The summed E-state index contributed by atoms with van der Waals surface area (Å²) in [5, 5.41) is 5.58. The van der Waals surface area contributed by atoms with Gasteiger partial charge in [0.25, 0.3) is 23.6 Å². The van der Waals surface area contributed by atoms with E-state index in [9.17, 15) is 28.8 Å². The SMILES string of the molecule is C[C@H](C(=O)OCC(=O)Nc1ccccc1Cl)N1C(=O)c2ccc(C(=O)OCC(=O)Nc3ccccc3Cl)cc2C1=O. The summed E-state index contributed by atoms with van der Waals surface area (Å²) < 4.78 is 10.0. The van der Waals surface area contributed by atoms with Gasteiger partial charge in [0.2, 0.25) is 0 Å². The number of nitrogens with one attached hydrogen (secondary N) is 2. The minimum absolute atomic E-state index is 0.0425. The number of ether oxygens (including phenoxy) is 2. The monoisotopic (exact) mass is 597 g/mol. The quantitative estimate of drug-likeness (QED) is 0.278. The Morgan fingerprint density at radius 2 is 1.27 bits per heavy atom. The highest BCUT2D eigenvalue weighted by Gasteiger charge is 2.42. The van der Waals surface area contributed by atoms with Crippen molar-refractivity contribution in [3.05, 3.63) is 93.5 Å². The number of hydrogen-bond acceptors (Lipinski definition) is 8. The minimum atomic E-state index is -1.38. The van der Waals surface area contributed by atoms with E-state index in [1.54, 1.807) is 48.5 Å². The predicted molar refractivity (Wildman–Crippen MR) is 148 cm³/mol. The summed E-state index contributed by atoms with van der Waals surface area (Å²) in [6.45, 7) is -0.0482. The maximum atomic E-state index is 13.0. The average Bonchev–Trinajstić information content (AvgIpc) is 3.21. The number of amides is 4. The van der Waals surface area contributed by atoms with Gasteiger partial charge < -0.3 is 20.1 Å². The van der Waals surface area contributed by atoms with Crippen molar-refractivity contribution >= 4 is 70.1 Å². The van der Waals surface area contributed by atoms with Gasteiger partial charge in [-0.25, -0.2) is 9.59 Å². The van der Waals surface area contributed by atoms with Crippen LogP contribution in [0.15, 0.2) is 66.7 Å². The molecule has 13 heteroatoms. The fourth-order valence-electron chi connectivity index (χ4n) is 3.81. The molecular formula is C28H21Cl2N3O8. The molecule has 3 aromatic carbocycles. The van der Waals surface area contributed by atoms with Gasteiger partial charge in [0, 0.05) is 0 Å². The van der Waals surface area contributed by atoms with Crippen molar-refractivity contribution in [1.29, 1.82) is 0 Å². The molecule has 3 aromatic rings. The first kappa shape index (κ1) is 29.2. The van der Waals surface area contributed by atoms with Crippen molar-refractivity contribution in [2.75, 3.05) is 23.8 Å². The number of benzene rings is 3. The van der Waals surface area contributed by atoms with Crippen LogP contribution >= 0.6 is 23.2 Å². The number of hydrogen-bond donors (Lipinski definition) is 2. The molecule has 41 heavy (non-hydrogen) atoms. The van der Waals surface area contributed by atoms with E-state index in [0.717, 1.165) is 6.07 Å². The Hall–Kier alpha value is -4.74. The van der Waals surface area contributed by atoms with Gasteiger partial charge in [0.1, 0.15) is 6.04 Å². The van der Waals surface area contributed by atoms with E-state index in [-0.39, 0.29) is 21.7 Å². The number of fused-ring (bicyclic) bond motifs is 1. The van der Waals surface area contributed by atoms with Crippen molar-refractivity contribution in [3.63, 3.8) is 0 Å². The molecule has 1 aliphatic heterocycles. The van der Waals surface area contributed by atoms with Gasteiger partial charge in [0.15, 0.2) is 13.2 Å². The molecule has 4 rings (SSSR count). The van der Waals surface area contributed by atoms with Crippen LogP contribution in [0.3, 0.4) is 0 Å². The van der Waals surface area contributed by atoms with Crippen LogP contribution in [0.5, 0.6) is 0 Å². The van der Waals surface area contributed by atoms with Crippen molar-refractivity contribution in [2.24, 2.45) is 0 Å². The van der Waals surface area contributed by atoms with E-state index < -0.39 is 54.8 Å². The lowest BCUT2D eigenvalue weighted by Crippen LogP contribution is -2.44. The Morgan fingerprint density at radius 3 is 1.83 bits per heavy atom. The fourth-order valence-corrected chi connectivity index (χ4v) is 4.18. The van der Waals surface area contributed by atoms with E-state index in [0.29, 0.717) is 21.3 Å². The molecule has 1 atom stereocenters. The Kier molecular flexibility index (Phi) is 9.00. The Balaban J connectivity index is 1.34. The highest BCUT2D eigenvalue weighted by atomic mass is 35.5.